The van der Waals surface area contributed by atoms with Gasteiger partial charge >= 0.3 is 0 Å². The average Bonchev–Trinajstić information content (AvgIpc) is 2.38. The van der Waals surface area contributed by atoms with Gasteiger partial charge in [-0.3, -0.25) is 0 Å². The summed E-state index contributed by atoms with van der Waals surface area (Å²) in [5, 5.41) is 0. The normalized spacial score (nSPS) is 31.4. The number of nitrogens with two attached hydrogens (primary N) is 1. The minimum Gasteiger partial charge on any atom is -0.501 e. The maximum Gasteiger partial charge on any atom is 0.0876 e. The maximum absolute atomic E-state index is 6.43. The molecule has 0 amide bonds. The van der Waals surface area contributed by atoms with Crippen LogP contribution in [-0.2, 0) is 4.74 Å². The molecule has 104 valence electrons. The predicted molar refractivity (Wildman–Crippen MR) is 76.1 cm³/mol. The van der Waals surface area contributed by atoms with E-state index < -0.39 is 0 Å². The summed E-state index contributed by atoms with van der Waals surface area (Å²) in [6, 6.07) is 0.242. The maximum atomic E-state index is 6.43. The third-order valence-corrected chi connectivity index (χ3v) is 4.89. The number of hydrogen-bond donors (Lipinski definition) is 1. The first-order valence-electron chi connectivity index (χ1n) is 7.54. The predicted octanol–water partition coefficient (Wildman–Crippen LogP) is 3.86. The van der Waals surface area contributed by atoms with Crippen molar-refractivity contribution in [2.75, 3.05) is 6.61 Å². The van der Waals surface area contributed by atoms with Gasteiger partial charge < -0.3 is 10.5 Å². The highest BCUT2D eigenvalue weighted by Crippen LogP contribution is 2.41. The Hall–Kier alpha value is -0.500. The molecule has 1 atom stereocenters. The molecule has 1 saturated carbocycles. The lowest BCUT2D eigenvalue weighted by molar-refractivity contribution is 0.140. The molecule has 0 aromatic carbocycles. The Morgan fingerprint density at radius 2 is 1.89 bits per heavy atom. The van der Waals surface area contributed by atoms with Crippen molar-refractivity contribution in [3.8, 4) is 0 Å². The van der Waals surface area contributed by atoms with Crippen LogP contribution in [0.1, 0.15) is 59.3 Å². The van der Waals surface area contributed by atoms with Crippen molar-refractivity contribution in [1.82, 2.24) is 0 Å². The minimum absolute atomic E-state index is 0.242. The molecule has 2 rings (SSSR count). The van der Waals surface area contributed by atoms with Crippen molar-refractivity contribution in [1.29, 1.82) is 0 Å². The molecule has 2 aliphatic rings. The molecule has 0 aromatic heterocycles. The van der Waals surface area contributed by atoms with Crippen molar-refractivity contribution in [3.05, 3.63) is 11.8 Å². The Morgan fingerprint density at radius 1 is 1.22 bits per heavy atom. The molecule has 0 aromatic rings. The zero-order valence-corrected chi connectivity index (χ0v) is 12.2. The molecule has 1 fully saturated rings. The topological polar surface area (TPSA) is 35.2 Å². The first kappa shape index (κ1) is 13.9. The first-order valence-corrected chi connectivity index (χ1v) is 7.54. The summed E-state index contributed by atoms with van der Waals surface area (Å²) in [5.74, 6) is 1.55. The van der Waals surface area contributed by atoms with E-state index in [-0.39, 0.29) is 6.04 Å². The van der Waals surface area contributed by atoms with Gasteiger partial charge in [0.2, 0.25) is 0 Å². The SMILES string of the molecule is CC(C)(C)C1CCC(C(N)C2=COCCC2)CC1. The highest BCUT2D eigenvalue weighted by Gasteiger charge is 2.32. The van der Waals surface area contributed by atoms with E-state index in [1.54, 1.807) is 0 Å². The van der Waals surface area contributed by atoms with Gasteiger partial charge in [0.15, 0.2) is 0 Å². The zero-order chi connectivity index (χ0) is 13.2. The van der Waals surface area contributed by atoms with E-state index in [1.165, 1.54) is 31.3 Å². The van der Waals surface area contributed by atoms with E-state index in [9.17, 15) is 0 Å². The third kappa shape index (κ3) is 3.28. The molecule has 1 aliphatic carbocycles. The Kier molecular flexibility index (Phi) is 4.37. The summed E-state index contributed by atoms with van der Waals surface area (Å²) in [6.45, 7) is 7.98. The standard InChI is InChI=1S/C16H29NO/c1-16(2,3)14-8-6-12(7-9-14)15(17)13-5-4-10-18-11-13/h11-12,14-15H,4-10,17H2,1-3H3. The van der Waals surface area contributed by atoms with Crippen molar-refractivity contribution in [3.63, 3.8) is 0 Å². The molecule has 2 heteroatoms. The van der Waals surface area contributed by atoms with Crippen LogP contribution in [-0.4, -0.2) is 12.6 Å². The molecular weight excluding hydrogens is 222 g/mol. The van der Waals surface area contributed by atoms with Gasteiger partial charge in [0.05, 0.1) is 12.9 Å². The van der Waals surface area contributed by atoms with E-state index in [0.717, 1.165) is 25.4 Å². The highest BCUT2D eigenvalue weighted by atomic mass is 16.5. The van der Waals surface area contributed by atoms with Crippen molar-refractivity contribution < 1.29 is 4.74 Å². The lowest BCUT2D eigenvalue weighted by Gasteiger charge is -2.39. The van der Waals surface area contributed by atoms with Crippen LogP contribution >= 0.6 is 0 Å². The fraction of sp³-hybridized carbons (Fsp3) is 0.875. The molecule has 1 aliphatic heterocycles. The summed E-state index contributed by atoms with van der Waals surface area (Å²) in [5.41, 5.74) is 8.24. The molecule has 0 bridgehead atoms. The smallest absolute Gasteiger partial charge is 0.0876 e. The second-order valence-electron chi connectivity index (χ2n) is 7.17. The number of hydrogen-bond acceptors (Lipinski definition) is 2. The summed E-state index contributed by atoms with van der Waals surface area (Å²) in [6.07, 6.45) is 9.48. The minimum atomic E-state index is 0.242. The average molecular weight is 251 g/mol. The molecule has 2 N–H and O–H groups in total. The van der Waals surface area contributed by atoms with E-state index in [1.807, 2.05) is 6.26 Å². The molecular formula is C16H29NO. The van der Waals surface area contributed by atoms with Gasteiger partial charge in [-0.25, -0.2) is 0 Å². The monoisotopic (exact) mass is 251 g/mol. The van der Waals surface area contributed by atoms with Gasteiger partial charge in [-0.15, -0.1) is 0 Å². The Balaban J connectivity index is 1.87. The lowest BCUT2D eigenvalue weighted by Crippen LogP contribution is -2.37. The second-order valence-corrected chi connectivity index (χ2v) is 7.17. The zero-order valence-electron chi connectivity index (χ0n) is 12.2. The summed E-state index contributed by atoms with van der Waals surface area (Å²) in [4.78, 5) is 0. The van der Waals surface area contributed by atoms with E-state index in [0.29, 0.717) is 11.3 Å². The van der Waals surface area contributed by atoms with Gasteiger partial charge in [-0.05, 0) is 61.3 Å². The summed E-state index contributed by atoms with van der Waals surface area (Å²) in [7, 11) is 0. The van der Waals surface area contributed by atoms with Gasteiger partial charge in [0.25, 0.3) is 0 Å². The van der Waals surface area contributed by atoms with E-state index in [2.05, 4.69) is 20.8 Å². The van der Waals surface area contributed by atoms with Gasteiger partial charge in [0.1, 0.15) is 0 Å². The van der Waals surface area contributed by atoms with Crippen LogP contribution in [0.4, 0.5) is 0 Å². The highest BCUT2D eigenvalue weighted by molar-refractivity contribution is 5.11. The van der Waals surface area contributed by atoms with Gasteiger partial charge in [0, 0.05) is 6.04 Å². The van der Waals surface area contributed by atoms with Crippen molar-refractivity contribution in [2.45, 2.75) is 65.3 Å². The van der Waals surface area contributed by atoms with Crippen molar-refractivity contribution >= 4 is 0 Å². The van der Waals surface area contributed by atoms with Crippen LogP contribution in [0.5, 0.6) is 0 Å². The first-order chi connectivity index (χ1) is 8.48. The fourth-order valence-corrected chi connectivity index (χ4v) is 3.48. The Morgan fingerprint density at radius 3 is 2.39 bits per heavy atom. The molecule has 0 saturated heterocycles. The van der Waals surface area contributed by atoms with Crippen LogP contribution < -0.4 is 5.73 Å². The van der Waals surface area contributed by atoms with Gasteiger partial charge in [-0.2, -0.15) is 0 Å². The lowest BCUT2D eigenvalue weighted by atomic mass is 9.68. The van der Waals surface area contributed by atoms with Crippen LogP contribution in [0.15, 0.2) is 11.8 Å². The quantitative estimate of drug-likeness (QED) is 0.809. The summed E-state index contributed by atoms with van der Waals surface area (Å²) < 4.78 is 5.43. The second kappa shape index (κ2) is 5.64. The molecule has 0 radical (unpaired) electrons. The van der Waals surface area contributed by atoms with Crippen LogP contribution in [0.3, 0.4) is 0 Å². The van der Waals surface area contributed by atoms with Crippen LogP contribution in [0.2, 0.25) is 0 Å². The number of ether oxygens (including phenoxy) is 1. The van der Waals surface area contributed by atoms with Crippen LogP contribution in [0.25, 0.3) is 0 Å². The Bertz CT molecular complexity index is 295. The molecule has 1 unspecified atom stereocenters. The van der Waals surface area contributed by atoms with E-state index >= 15 is 0 Å². The molecule has 0 spiro atoms. The Labute approximate surface area is 112 Å². The van der Waals surface area contributed by atoms with Crippen LogP contribution in [0, 0.1) is 17.3 Å². The van der Waals surface area contributed by atoms with E-state index in [4.69, 9.17) is 10.5 Å². The van der Waals surface area contributed by atoms with Crippen molar-refractivity contribution in [2.24, 2.45) is 23.0 Å². The molecule has 1 heterocycles. The fourth-order valence-electron chi connectivity index (χ4n) is 3.48. The largest absolute Gasteiger partial charge is 0.501 e. The van der Waals surface area contributed by atoms with Gasteiger partial charge in [-0.1, -0.05) is 20.8 Å². The molecule has 2 nitrogen and oxygen atoms in total. The summed E-state index contributed by atoms with van der Waals surface area (Å²) >= 11 is 0. The molecule has 18 heavy (non-hydrogen) atoms. The third-order valence-electron chi connectivity index (χ3n) is 4.89. The number of rotatable bonds is 2.